The highest BCUT2D eigenvalue weighted by Crippen LogP contribution is 2.30. The molecule has 1 atom stereocenters. The van der Waals surface area contributed by atoms with Crippen LogP contribution in [0.1, 0.15) is 36.3 Å². The van der Waals surface area contributed by atoms with Crippen LogP contribution in [0.25, 0.3) is 11.3 Å². The summed E-state index contributed by atoms with van der Waals surface area (Å²) in [5, 5.41) is 14.8. The monoisotopic (exact) mass is 625 g/mol. The molecule has 2 aromatic carbocycles. The fraction of sp³-hybridized carbons (Fsp3) is 0.438. The number of thiazole rings is 1. The lowest BCUT2D eigenvalue weighted by molar-refractivity contribution is -0.133. The Morgan fingerprint density at radius 1 is 1.05 bits per heavy atom. The third-order valence-electron chi connectivity index (χ3n) is 7.43. The topological polar surface area (TPSA) is 131 Å². The van der Waals surface area contributed by atoms with E-state index in [1.165, 1.54) is 23.5 Å². The minimum atomic E-state index is -1.01. The van der Waals surface area contributed by atoms with Gasteiger partial charge < -0.3 is 30.7 Å². The van der Waals surface area contributed by atoms with Crippen molar-refractivity contribution in [2.24, 2.45) is 5.41 Å². The van der Waals surface area contributed by atoms with Crippen molar-refractivity contribution < 1.29 is 28.2 Å². The maximum absolute atomic E-state index is 14.0. The van der Waals surface area contributed by atoms with Gasteiger partial charge >= 0.3 is 0 Å². The molecule has 3 heterocycles. The lowest BCUT2D eigenvalue weighted by Gasteiger charge is -2.33. The van der Waals surface area contributed by atoms with Crippen LogP contribution < -0.4 is 26.0 Å². The van der Waals surface area contributed by atoms with Crippen LogP contribution in [-0.2, 0) is 32.1 Å². The molecule has 0 saturated heterocycles. The average molecular weight is 626 g/mol. The van der Waals surface area contributed by atoms with Crippen LogP contribution in [0.4, 0.5) is 4.39 Å². The Bertz CT molecular complexity index is 1370. The summed E-state index contributed by atoms with van der Waals surface area (Å²) in [6, 6.07) is 13.4. The van der Waals surface area contributed by atoms with Crippen molar-refractivity contribution >= 4 is 29.1 Å². The van der Waals surface area contributed by atoms with Crippen molar-refractivity contribution in [1.29, 1.82) is 0 Å². The SMILES string of the molecule is COCCC1(C(=O)NCc2nc(-c3ccc(F)cc3)cs2)CNC(=O)CCCNCCCNC(=O)COc2ccc(cc2)C1. The number of hydrogen-bond acceptors (Lipinski definition) is 8. The molecule has 2 aliphatic heterocycles. The Labute approximate surface area is 261 Å². The Morgan fingerprint density at radius 3 is 2.59 bits per heavy atom. The molecule has 44 heavy (non-hydrogen) atoms. The highest BCUT2D eigenvalue weighted by molar-refractivity contribution is 7.09. The molecule has 12 heteroatoms. The number of rotatable bonds is 7. The van der Waals surface area contributed by atoms with Crippen LogP contribution in [0.5, 0.6) is 5.75 Å². The van der Waals surface area contributed by atoms with E-state index in [1.54, 1.807) is 31.4 Å². The van der Waals surface area contributed by atoms with E-state index < -0.39 is 5.41 Å². The first-order chi connectivity index (χ1) is 21.4. The Morgan fingerprint density at radius 2 is 1.82 bits per heavy atom. The number of fused-ring (bicyclic) bond motifs is 17. The summed E-state index contributed by atoms with van der Waals surface area (Å²) in [6.07, 6.45) is 2.43. The van der Waals surface area contributed by atoms with E-state index in [4.69, 9.17) is 9.47 Å². The van der Waals surface area contributed by atoms with Crippen LogP contribution in [-0.4, -0.2) is 69.2 Å². The molecule has 0 aliphatic carbocycles. The number of nitrogens with zero attached hydrogens (tertiary/aromatic N) is 1. The van der Waals surface area contributed by atoms with Gasteiger partial charge in [-0.2, -0.15) is 0 Å². The molecule has 10 nitrogen and oxygen atoms in total. The first-order valence-corrected chi connectivity index (χ1v) is 15.7. The summed E-state index contributed by atoms with van der Waals surface area (Å²) < 4.78 is 24.4. The van der Waals surface area contributed by atoms with E-state index >= 15 is 0 Å². The van der Waals surface area contributed by atoms with Gasteiger partial charge in [0, 0.05) is 44.2 Å². The molecular weight excluding hydrogens is 585 g/mol. The number of aromatic nitrogens is 1. The minimum absolute atomic E-state index is 0.0847. The second-order valence-electron chi connectivity index (χ2n) is 10.8. The zero-order chi connectivity index (χ0) is 31.2. The predicted molar refractivity (Wildman–Crippen MR) is 167 cm³/mol. The fourth-order valence-electron chi connectivity index (χ4n) is 4.89. The van der Waals surface area contributed by atoms with Crippen molar-refractivity contribution in [3.63, 3.8) is 0 Å². The number of halogens is 1. The van der Waals surface area contributed by atoms with E-state index in [0.717, 1.165) is 24.1 Å². The molecule has 3 amide bonds. The lowest BCUT2D eigenvalue weighted by atomic mass is 9.77. The van der Waals surface area contributed by atoms with E-state index in [9.17, 15) is 18.8 Å². The number of methoxy groups -OCH3 is 1. The van der Waals surface area contributed by atoms with Gasteiger partial charge in [-0.05, 0) is 80.7 Å². The van der Waals surface area contributed by atoms with Gasteiger partial charge in [0.2, 0.25) is 11.8 Å². The van der Waals surface area contributed by atoms with Gasteiger partial charge in [0.05, 0.1) is 17.7 Å². The molecule has 5 rings (SSSR count). The zero-order valence-corrected chi connectivity index (χ0v) is 25.8. The largest absolute Gasteiger partial charge is 0.484 e. The van der Waals surface area contributed by atoms with Gasteiger partial charge in [-0.3, -0.25) is 14.4 Å². The van der Waals surface area contributed by atoms with Gasteiger partial charge in [-0.1, -0.05) is 12.1 Å². The van der Waals surface area contributed by atoms with Crippen molar-refractivity contribution in [2.75, 3.05) is 46.5 Å². The number of ether oxygens (including phenoxy) is 2. The summed E-state index contributed by atoms with van der Waals surface area (Å²) in [7, 11) is 1.58. The molecule has 2 bridgehead atoms. The maximum Gasteiger partial charge on any atom is 0.257 e. The molecule has 2 aliphatic rings. The van der Waals surface area contributed by atoms with Gasteiger partial charge in [0.15, 0.2) is 6.61 Å². The summed E-state index contributed by atoms with van der Waals surface area (Å²) in [5.74, 6) is -0.326. The summed E-state index contributed by atoms with van der Waals surface area (Å²) >= 11 is 1.41. The molecule has 1 unspecified atom stereocenters. The molecule has 0 spiro atoms. The lowest BCUT2D eigenvalue weighted by Crippen LogP contribution is -2.50. The number of benzene rings is 2. The normalized spacial score (nSPS) is 19.0. The van der Waals surface area contributed by atoms with Gasteiger partial charge in [0.25, 0.3) is 5.91 Å². The van der Waals surface area contributed by atoms with Gasteiger partial charge in [0.1, 0.15) is 16.6 Å². The second-order valence-corrected chi connectivity index (χ2v) is 11.7. The second kappa shape index (κ2) is 16.8. The third-order valence-corrected chi connectivity index (χ3v) is 8.28. The number of carbonyl (C=O) groups excluding carboxylic acids is 3. The number of hydrogen-bond donors (Lipinski definition) is 4. The number of carbonyl (C=O) groups is 3. The van der Waals surface area contributed by atoms with Crippen molar-refractivity contribution in [1.82, 2.24) is 26.3 Å². The molecule has 0 saturated carbocycles. The van der Waals surface area contributed by atoms with E-state index in [2.05, 4.69) is 26.3 Å². The molecule has 4 N–H and O–H groups in total. The maximum atomic E-state index is 14.0. The van der Waals surface area contributed by atoms with E-state index in [-0.39, 0.29) is 43.2 Å². The third kappa shape index (κ3) is 10.1. The smallest absolute Gasteiger partial charge is 0.257 e. The average Bonchev–Trinajstić information content (AvgIpc) is 3.51. The standard InChI is InChI=1S/C32H40FN5O5S/c1-42-17-13-32(31(41)36-19-30-38-27(21-44-30)24-7-9-25(33)10-8-24)18-23-5-11-26(12-6-23)43-20-29(40)35-16-3-15-34-14-2-4-28(39)37-22-32/h5-12,21,34H,2-4,13-20,22H2,1H3,(H,35,40)(H,36,41)(H,37,39). The van der Waals surface area contributed by atoms with Crippen molar-refractivity contribution in [3.8, 4) is 17.0 Å². The van der Waals surface area contributed by atoms with Gasteiger partial charge in [-0.15, -0.1) is 11.3 Å². The summed E-state index contributed by atoms with van der Waals surface area (Å²) in [6.45, 7) is 2.49. The molecule has 1 aromatic heterocycles. The molecule has 0 radical (unpaired) electrons. The summed E-state index contributed by atoms with van der Waals surface area (Å²) in [4.78, 5) is 43.6. The van der Waals surface area contributed by atoms with Crippen LogP contribution in [0.2, 0.25) is 0 Å². The van der Waals surface area contributed by atoms with Gasteiger partial charge in [-0.25, -0.2) is 9.37 Å². The predicted octanol–water partition coefficient (Wildman–Crippen LogP) is 3.22. The van der Waals surface area contributed by atoms with Crippen LogP contribution in [0.3, 0.4) is 0 Å². The molecule has 236 valence electrons. The molecule has 0 fully saturated rings. The Hall–Kier alpha value is -3.87. The van der Waals surface area contributed by atoms with Crippen molar-refractivity contribution in [2.45, 2.75) is 38.6 Å². The highest BCUT2D eigenvalue weighted by atomic mass is 32.1. The Kier molecular flexibility index (Phi) is 12.6. The minimum Gasteiger partial charge on any atom is -0.484 e. The first kappa shape index (κ1) is 33.0. The zero-order valence-electron chi connectivity index (χ0n) is 25.0. The molecule has 3 aromatic rings. The first-order valence-electron chi connectivity index (χ1n) is 14.8. The quantitative estimate of drug-likeness (QED) is 0.317. The number of amides is 3. The Balaban J connectivity index is 1.52. The van der Waals surface area contributed by atoms with E-state index in [1.807, 2.05) is 17.5 Å². The van der Waals surface area contributed by atoms with E-state index in [0.29, 0.717) is 61.8 Å². The van der Waals surface area contributed by atoms with Crippen LogP contribution in [0, 0.1) is 11.2 Å². The molecular formula is C32H40FN5O5S. The van der Waals surface area contributed by atoms with Crippen molar-refractivity contribution in [3.05, 3.63) is 70.3 Å². The van der Waals surface area contributed by atoms with Crippen LogP contribution in [0.15, 0.2) is 53.9 Å². The summed E-state index contributed by atoms with van der Waals surface area (Å²) in [5.41, 5.74) is 1.35. The number of nitrogens with one attached hydrogen (secondary N) is 4. The highest BCUT2D eigenvalue weighted by Gasteiger charge is 2.39. The fourth-order valence-corrected chi connectivity index (χ4v) is 5.63. The van der Waals surface area contributed by atoms with Crippen LogP contribution >= 0.6 is 11.3 Å².